The topological polar surface area (TPSA) is 59.5 Å². The van der Waals surface area contributed by atoms with Crippen LogP contribution in [0.5, 0.6) is 5.75 Å². The van der Waals surface area contributed by atoms with Gasteiger partial charge in [-0.1, -0.05) is 19.4 Å². The summed E-state index contributed by atoms with van der Waals surface area (Å²) in [6.07, 6.45) is 7.17. The van der Waals surface area contributed by atoms with Gasteiger partial charge in [-0.2, -0.15) is 0 Å². The lowest BCUT2D eigenvalue weighted by atomic mass is 10.0. The van der Waals surface area contributed by atoms with Crippen molar-refractivity contribution in [3.05, 3.63) is 36.0 Å². The number of aryl methyl sites for hydroxylation is 1. The molecule has 3 rings (SSSR count). The number of sulfone groups is 1. The molecule has 2 aromatic rings. The summed E-state index contributed by atoms with van der Waals surface area (Å²) in [5, 5.41) is 1.13. The molecule has 6 heteroatoms. The molecule has 1 aromatic heterocycles. The van der Waals surface area contributed by atoms with Crippen LogP contribution < -0.4 is 4.74 Å². The highest BCUT2D eigenvalue weighted by molar-refractivity contribution is 7.92. The van der Waals surface area contributed by atoms with Crippen LogP contribution in [0.3, 0.4) is 0 Å². The highest BCUT2D eigenvalue weighted by atomic mass is 32.2. The molecule has 0 radical (unpaired) electrons. The molecule has 166 valence electrons. The van der Waals surface area contributed by atoms with Crippen LogP contribution in [-0.2, 0) is 16.3 Å². The summed E-state index contributed by atoms with van der Waals surface area (Å²) in [7, 11) is -3.08. The number of pyridine rings is 1. The van der Waals surface area contributed by atoms with Gasteiger partial charge < -0.3 is 9.64 Å². The van der Waals surface area contributed by atoms with Crippen LogP contribution in [0, 0.1) is 0 Å². The summed E-state index contributed by atoms with van der Waals surface area (Å²) in [5.74, 6) is 1.10. The number of hydrogen-bond acceptors (Lipinski definition) is 5. The molecule has 1 aliphatic heterocycles. The fourth-order valence-corrected chi connectivity index (χ4v) is 4.93. The number of piperidine rings is 1. The van der Waals surface area contributed by atoms with Crippen molar-refractivity contribution in [3.8, 4) is 5.75 Å². The van der Waals surface area contributed by atoms with Gasteiger partial charge in [-0.05, 0) is 70.2 Å². The van der Waals surface area contributed by atoms with E-state index in [1.54, 1.807) is 20.8 Å². The lowest BCUT2D eigenvalue weighted by Gasteiger charge is -2.33. The Hall–Kier alpha value is -1.66. The lowest BCUT2D eigenvalue weighted by Crippen LogP contribution is -2.42. The van der Waals surface area contributed by atoms with E-state index in [1.165, 1.54) is 18.4 Å². The van der Waals surface area contributed by atoms with Crippen molar-refractivity contribution >= 4 is 20.7 Å². The van der Waals surface area contributed by atoms with E-state index >= 15 is 0 Å². The van der Waals surface area contributed by atoms with E-state index in [2.05, 4.69) is 35.0 Å². The molecule has 0 amide bonds. The molecule has 0 N–H and O–H groups in total. The third-order valence-electron chi connectivity index (χ3n) is 5.99. The maximum Gasteiger partial charge on any atom is 0.156 e. The molecule has 0 unspecified atom stereocenters. The fourth-order valence-electron chi connectivity index (χ4n) is 3.82. The molecule has 5 nitrogen and oxygen atoms in total. The van der Waals surface area contributed by atoms with E-state index in [9.17, 15) is 8.42 Å². The Morgan fingerprint density at radius 1 is 1.20 bits per heavy atom. The van der Waals surface area contributed by atoms with Crippen molar-refractivity contribution in [2.24, 2.45) is 0 Å². The summed E-state index contributed by atoms with van der Waals surface area (Å²) >= 11 is 0. The van der Waals surface area contributed by atoms with Gasteiger partial charge in [-0.3, -0.25) is 4.98 Å². The number of aromatic nitrogens is 1. The van der Waals surface area contributed by atoms with E-state index in [-0.39, 0.29) is 11.9 Å². The largest absolute Gasteiger partial charge is 0.488 e. The van der Waals surface area contributed by atoms with Gasteiger partial charge >= 0.3 is 0 Å². The predicted octanol–water partition coefficient (Wildman–Crippen LogP) is 4.63. The Morgan fingerprint density at radius 3 is 2.60 bits per heavy atom. The SMILES string of the molecule is CCCCc1cc(OC2CCN(CCS(=O)(=O)C(C)(C)C)CC2)c2ncccc2c1. The van der Waals surface area contributed by atoms with Crippen molar-refractivity contribution in [3.63, 3.8) is 0 Å². The van der Waals surface area contributed by atoms with Crippen molar-refractivity contribution in [1.29, 1.82) is 0 Å². The number of nitrogens with zero attached hydrogens (tertiary/aromatic N) is 2. The number of likely N-dealkylation sites (tertiary alicyclic amines) is 1. The van der Waals surface area contributed by atoms with Crippen molar-refractivity contribution in [2.75, 3.05) is 25.4 Å². The number of ether oxygens (including phenoxy) is 1. The molecule has 1 aliphatic rings. The minimum Gasteiger partial charge on any atom is -0.488 e. The molecule has 30 heavy (non-hydrogen) atoms. The Bertz CT molecular complexity index is 943. The lowest BCUT2D eigenvalue weighted by molar-refractivity contribution is 0.105. The first-order chi connectivity index (χ1) is 14.2. The quantitative estimate of drug-likeness (QED) is 0.608. The molecule has 1 aromatic carbocycles. The smallest absolute Gasteiger partial charge is 0.156 e. The average Bonchev–Trinajstić information content (AvgIpc) is 2.71. The Labute approximate surface area is 181 Å². The highest BCUT2D eigenvalue weighted by Gasteiger charge is 2.30. The summed E-state index contributed by atoms with van der Waals surface area (Å²) in [6, 6.07) is 8.46. The van der Waals surface area contributed by atoms with Crippen LogP contribution in [-0.4, -0.2) is 54.5 Å². The highest BCUT2D eigenvalue weighted by Crippen LogP contribution is 2.29. The second-order valence-electron chi connectivity index (χ2n) is 9.36. The summed E-state index contributed by atoms with van der Waals surface area (Å²) in [4.78, 5) is 6.81. The van der Waals surface area contributed by atoms with E-state index in [4.69, 9.17) is 4.74 Å². The van der Waals surface area contributed by atoms with Crippen LogP contribution in [0.4, 0.5) is 0 Å². The van der Waals surface area contributed by atoms with E-state index in [0.29, 0.717) is 6.54 Å². The van der Waals surface area contributed by atoms with Gasteiger partial charge in [0.25, 0.3) is 0 Å². The number of fused-ring (bicyclic) bond motifs is 1. The molecular weight excluding hydrogens is 396 g/mol. The minimum absolute atomic E-state index is 0.145. The van der Waals surface area contributed by atoms with Crippen molar-refractivity contribution in [2.45, 2.75) is 70.7 Å². The molecule has 0 aliphatic carbocycles. The normalized spacial score (nSPS) is 16.8. The molecule has 1 saturated heterocycles. The second kappa shape index (κ2) is 9.65. The maximum atomic E-state index is 12.4. The van der Waals surface area contributed by atoms with Gasteiger partial charge in [0.15, 0.2) is 9.84 Å². The van der Waals surface area contributed by atoms with Crippen LogP contribution in [0.25, 0.3) is 10.9 Å². The van der Waals surface area contributed by atoms with E-state index < -0.39 is 14.6 Å². The molecule has 0 atom stereocenters. The Kier molecular flexibility index (Phi) is 7.40. The summed E-state index contributed by atoms with van der Waals surface area (Å²) in [5.41, 5.74) is 2.23. The van der Waals surface area contributed by atoms with Gasteiger partial charge in [0.1, 0.15) is 17.4 Å². The Morgan fingerprint density at radius 2 is 1.93 bits per heavy atom. The second-order valence-corrected chi connectivity index (χ2v) is 12.2. The Balaban J connectivity index is 1.61. The van der Waals surface area contributed by atoms with Crippen LogP contribution in [0.1, 0.15) is 58.9 Å². The molecule has 0 saturated carbocycles. The standard InChI is InChI=1S/C24H36N2O3S/c1-5-6-8-19-17-20-9-7-12-25-23(20)22(18-19)29-21-10-13-26(14-11-21)15-16-30(27,28)24(2,3)4/h7,9,12,17-18,21H,5-6,8,10-11,13-16H2,1-4H3. The minimum atomic E-state index is -3.08. The number of hydrogen-bond donors (Lipinski definition) is 0. The van der Waals surface area contributed by atoms with Crippen LogP contribution in [0.15, 0.2) is 30.5 Å². The van der Waals surface area contributed by atoms with Crippen molar-refractivity contribution < 1.29 is 13.2 Å². The molecule has 1 fully saturated rings. The maximum absolute atomic E-state index is 12.4. The van der Waals surface area contributed by atoms with Crippen LogP contribution >= 0.6 is 0 Å². The molecule has 0 bridgehead atoms. The van der Waals surface area contributed by atoms with E-state index in [0.717, 1.165) is 49.0 Å². The zero-order valence-corrected chi connectivity index (χ0v) is 19.7. The third-order valence-corrected chi connectivity index (χ3v) is 8.57. The molecular formula is C24H36N2O3S. The van der Waals surface area contributed by atoms with E-state index in [1.807, 2.05) is 12.3 Å². The first-order valence-corrected chi connectivity index (χ1v) is 12.8. The van der Waals surface area contributed by atoms with Gasteiger partial charge in [-0.25, -0.2) is 8.42 Å². The van der Waals surface area contributed by atoms with Crippen molar-refractivity contribution in [1.82, 2.24) is 9.88 Å². The van der Waals surface area contributed by atoms with Gasteiger partial charge in [0.05, 0.1) is 10.5 Å². The first kappa shape index (κ1) is 23.0. The van der Waals surface area contributed by atoms with Crippen LogP contribution in [0.2, 0.25) is 0 Å². The van der Waals surface area contributed by atoms with Gasteiger partial charge in [-0.15, -0.1) is 0 Å². The van der Waals surface area contributed by atoms with Gasteiger partial charge in [0.2, 0.25) is 0 Å². The summed E-state index contributed by atoms with van der Waals surface area (Å²) < 4.78 is 30.5. The summed E-state index contributed by atoms with van der Waals surface area (Å²) in [6.45, 7) is 9.86. The van der Waals surface area contributed by atoms with Gasteiger partial charge in [0, 0.05) is 31.2 Å². The molecule has 2 heterocycles. The average molecular weight is 433 g/mol. The monoisotopic (exact) mass is 432 g/mol. The zero-order valence-electron chi connectivity index (χ0n) is 18.9. The first-order valence-electron chi connectivity index (χ1n) is 11.2. The number of benzene rings is 1. The number of rotatable bonds is 8. The zero-order chi connectivity index (χ0) is 21.8. The fraction of sp³-hybridized carbons (Fsp3) is 0.625. The molecule has 0 spiro atoms. The third kappa shape index (κ3) is 5.73. The number of unbranched alkanes of at least 4 members (excludes halogenated alkanes) is 1. The predicted molar refractivity (Wildman–Crippen MR) is 124 cm³/mol.